The number of carbonyl (C=O) groups excluding carboxylic acids is 1. The Labute approximate surface area is 107 Å². The highest BCUT2D eigenvalue weighted by molar-refractivity contribution is 5.90. The van der Waals surface area contributed by atoms with Crippen LogP contribution >= 0.6 is 0 Å². The summed E-state index contributed by atoms with van der Waals surface area (Å²) >= 11 is 0. The van der Waals surface area contributed by atoms with Gasteiger partial charge in [0.15, 0.2) is 0 Å². The van der Waals surface area contributed by atoms with E-state index in [0.717, 1.165) is 31.8 Å². The fraction of sp³-hybridized carbons (Fsp3) is 0.538. The van der Waals surface area contributed by atoms with E-state index in [-0.39, 0.29) is 12.1 Å². The maximum absolute atomic E-state index is 11.4. The highest BCUT2D eigenvalue weighted by Gasteiger charge is 2.18. The van der Waals surface area contributed by atoms with Crippen molar-refractivity contribution in [2.45, 2.75) is 18.9 Å². The minimum atomic E-state index is -0.343. The molecule has 0 radical (unpaired) electrons. The first-order valence-corrected chi connectivity index (χ1v) is 6.08. The van der Waals surface area contributed by atoms with E-state index in [2.05, 4.69) is 4.98 Å². The summed E-state index contributed by atoms with van der Waals surface area (Å²) in [6.07, 6.45) is 4.08. The Kier molecular flexibility index (Phi) is 4.15. The summed E-state index contributed by atoms with van der Waals surface area (Å²) in [4.78, 5) is 17.7. The van der Waals surface area contributed by atoms with Crippen molar-refractivity contribution in [2.24, 2.45) is 0 Å². The molecule has 1 aromatic rings. The Bertz CT molecular complexity index is 416. The highest BCUT2D eigenvalue weighted by Crippen LogP contribution is 2.17. The number of likely N-dealkylation sites (N-methyl/N-ethyl adjacent to an activating group) is 1. The maximum Gasteiger partial charge on any atom is 0.338 e. The molecule has 0 amide bonds. The molecule has 0 bridgehead atoms. The summed E-state index contributed by atoms with van der Waals surface area (Å²) in [5, 5.41) is 0. The topological polar surface area (TPSA) is 51.7 Å². The maximum atomic E-state index is 11.4. The number of rotatable bonds is 4. The van der Waals surface area contributed by atoms with Gasteiger partial charge in [-0.15, -0.1) is 0 Å². The lowest BCUT2D eigenvalue weighted by Crippen LogP contribution is -2.29. The third-order valence-electron chi connectivity index (χ3n) is 3.06. The summed E-state index contributed by atoms with van der Waals surface area (Å²) < 4.78 is 10.3. The number of hydrogen-bond donors (Lipinski definition) is 0. The van der Waals surface area contributed by atoms with Crippen LogP contribution in [0.5, 0.6) is 0 Å². The average Bonchev–Trinajstić information content (AvgIpc) is 2.90. The van der Waals surface area contributed by atoms with Crippen molar-refractivity contribution in [3.63, 3.8) is 0 Å². The number of hydrogen-bond acceptors (Lipinski definition) is 5. The van der Waals surface area contributed by atoms with Crippen LogP contribution in [0.4, 0.5) is 5.82 Å². The molecule has 1 aromatic heterocycles. The molecule has 0 spiro atoms. The number of methoxy groups -OCH3 is 1. The van der Waals surface area contributed by atoms with Crippen molar-refractivity contribution in [2.75, 3.05) is 32.2 Å². The van der Waals surface area contributed by atoms with Crippen LogP contribution in [0.15, 0.2) is 18.3 Å². The predicted octanol–water partition coefficient (Wildman–Crippen LogP) is 1.48. The van der Waals surface area contributed by atoms with E-state index < -0.39 is 0 Å². The van der Waals surface area contributed by atoms with E-state index in [4.69, 9.17) is 9.47 Å². The van der Waals surface area contributed by atoms with Gasteiger partial charge >= 0.3 is 5.97 Å². The Hall–Kier alpha value is -1.62. The summed E-state index contributed by atoms with van der Waals surface area (Å²) in [6.45, 7) is 1.63. The van der Waals surface area contributed by atoms with Crippen LogP contribution in [-0.4, -0.2) is 44.4 Å². The smallest absolute Gasteiger partial charge is 0.338 e. The zero-order chi connectivity index (χ0) is 13.0. The first-order valence-electron chi connectivity index (χ1n) is 6.08. The number of aromatic nitrogens is 1. The average molecular weight is 250 g/mol. The monoisotopic (exact) mass is 250 g/mol. The number of esters is 1. The molecule has 1 aliphatic rings. The van der Waals surface area contributed by atoms with Gasteiger partial charge in [0.25, 0.3) is 0 Å². The van der Waals surface area contributed by atoms with E-state index in [1.165, 1.54) is 7.11 Å². The lowest BCUT2D eigenvalue weighted by molar-refractivity contribution is 0.0600. The van der Waals surface area contributed by atoms with Gasteiger partial charge < -0.3 is 14.4 Å². The molecular formula is C13H18N2O3. The third-order valence-corrected chi connectivity index (χ3v) is 3.06. The normalized spacial score (nSPS) is 18.7. The third kappa shape index (κ3) is 2.98. The van der Waals surface area contributed by atoms with E-state index >= 15 is 0 Å². The summed E-state index contributed by atoms with van der Waals surface area (Å²) in [6, 6.07) is 3.38. The van der Waals surface area contributed by atoms with E-state index in [1.807, 2.05) is 11.9 Å². The van der Waals surface area contributed by atoms with Crippen LogP contribution in [-0.2, 0) is 9.47 Å². The van der Waals surface area contributed by atoms with Gasteiger partial charge in [0.2, 0.25) is 0 Å². The van der Waals surface area contributed by atoms with Crippen molar-refractivity contribution in [3.8, 4) is 0 Å². The van der Waals surface area contributed by atoms with E-state index in [0.29, 0.717) is 5.56 Å². The second-order valence-electron chi connectivity index (χ2n) is 4.41. The molecule has 1 aliphatic heterocycles. The molecule has 1 unspecified atom stereocenters. The molecule has 5 nitrogen and oxygen atoms in total. The van der Waals surface area contributed by atoms with Crippen molar-refractivity contribution < 1.29 is 14.3 Å². The molecule has 0 N–H and O–H groups in total. The standard InChI is InChI=1S/C13H18N2O3/c1-15(9-11-4-3-7-18-11)12-8-10(5-6-14-12)13(16)17-2/h5-6,8,11H,3-4,7,9H2,1-2H3. The zero-order valence-corrected chi connectivity index (χ0v) is 10.8. The van der Waals surface area contributed by atoms with Gasteiger partial charge in [0.1, 0.15) is 5.82 Å². The van der Waals surface area contributed by atoms with Crippen molar-refractivity contribution in [1.82, 2.24) is 4.98 Å². The van der Waals surface area contributed by atoms with Gasteiger partial charge in [-0.3, -0.25) is 0 Å². The quantitative estimate of drug-likeness (QED) is 0.758. The van der Waals surface area contributed by atoms with Gasteiger partial charge in [0.05, 0.1) is 18.8 Å². The second-order valence-corrected chi connectivity index (χ2v) is 4.41. The van der Waals surface area contributed by atoms with Gasteiger partial charge in [-0.25, -0.2) is 9.78 Å². The Morgan fingerprint density at radius 1 is 1.67 bits per heavy atom. The molecular weight excluding hydrogens is 232 g/mol. The van der Waals surface area contributed by atoms with Gasteiger partial charge in [-0.1, -0.05) is 0 Å². The van der Waals surface area contributed by atoms with Crippen molar-refractivity contribution >= 4 is 11.8 Å². The molecule has 1 atom stereocenters. The van der Waals surface area contributed by atoms with Crippen LogP contribution in [0.25, 0.3) is 0 Å². The molecule has 0 aliphatic carbocycles. The molecule has 1 saturated heterocycles. The predicted molar refractivity (Wildman–Crippen MR) is 67.8 cm³/mol. The molecule has 1 fully saturated rings. The van der Waals surface area contributed by atoms with Crippen LogP contribution < -0.4 is 4.90 Å². The fourth-order valence-electron chi connectivity index (χ4n) is 2.06. The molecule has 18 heavy (non-hydrogen) atoms. The van der Waals surface area contributed by atoms with Gasteiger partial charge in [-0.2, -0.15) is 0 Å². The van der Waals surface area contributed by atoms with Gasteiger partial charge in [-0.05, 0) is 25.0 Å². The Balaban J connectivity index is 2.04. The number of anilines is 1. The van der Waals surface area contributed by atoms with Crippen LogP contribution in [0, 0.1) is 0 Å². The van der Waals surface area contributed by atoms with Crippen molar-refractivity contribution in [3.05, 3.63) is 23.9 Å². The number of pyridine rings is 1. The summed E-state index contributed by atoms with van der Waals surface area (Å²) in [5.74, 6) is 0.414. The zero-order valence-electron chi connectivity index (χ0n) is 10.8. The largest absolute Gasteiger partial charge is 0.465 e. The summed E-state index contributed by atoms with van der Waals surface area (Å²) in [7, 11) is 3.32. The molecule has 98 valence electrons. The van der Waals surface area contributed by atoms with Crippen molar-refractivity contribution in [1.29, 1.82) is 0 Å². The minimum absolute atomic E-state index is 0.263. The fourth-order valence-corrected chi connectivity index (χ4v) is 2.06. The van der Waals surface area contributed by atoms with E-state index in [1.54, 1.807) is 18.3 Å². The first kappa shape index (κ1) is 12.8. The highest BCUT2D eigenvalue weighted by atomic mass is 16.5. The second kappa shape index (κ2) is 5.82. The lowest BCUT2D eigenvalue weighted by Gasteiger charge is -2.21. The number of carbonyl (C=O) groups is 1. The van der Waals surface area contributed by atoms with Gasteiger partial charge in [0, 0.05) is 26.4 Å². The molecule has 0 aromatic carbocycles. The van der Waals surface area contributed by atoms with Crippen LogP contribution in [0.2, 0.25) is 0 Å². The lowest BCUT2D eigenvalue weighted by atomic mass is 10.2. The molecule has 2 rings (SSSR count). The first-order chi connectivity index (χ1) is 8.70. The summed E-state index contributed by atoms with van der Waals surface area (Å²) in [5.41, 5.74) is 0.515. The minimum Gasteiger partial charge on any atom is -0.465 e. The van der Waals surface area contributed by atoms with Crippen LogP contribution in [0.3, 0.4) is 0 Å². The number of nitrogens with zero attached hydrogens (tertiary/aromatic N) is 2. The SMILES string of the molecule is COC(=O)c1ccnc(N(C)CC2CCCO2)c1. The molecule has 5 heteroatoms. The Morgan fingerprint density at radius 2 is 2.50 bits per heavy atom. The molecule has 0 saturated carbocycles. The number of ether oxygens (including phenoxy) is 2. The molecule has 2 heterocycles. The Morgan fingerprint density at radius 3 is 3.17 bits per heavy atom. The van der Waals surface area contributed by atoms with E-state index in [9.17, 15) is 4.79 Å². The van der Waals surface area contributed by atoms with Crippen LogP contribution in [0.1, 0.15) is 23.2 Å².